The Hall–Kier alpha value is -6.71. The Balaban J connectivity index is 1.36. The Kier molecular flexibility index (Phi) is 4.97. The average Bonchev–Trinajstić information content (AvgIpc) is 3.71. The van der Waals surface area contributed by atoms with Crippen molar-refractivity contribution in [3.63, 3.8) is 0 Å². The van der Waals surface area contributed by atoms with E-state index in [0.29, 0.717) is 0 Å². The van der Waals surface area contributed by atoms with Crippen LogP contribution in [0.25, 0.3) is 109 Å². The first-order valence-corrected chi connectivity index (χ1v) is 17.2. The number of aromatic nitrogens is 3. The molecule has 0 aliphatic rings. The van der Waals surface area contributed by atoms with Crippen LogP contribution in [0.3, 0.4) is 0 Å². The summed E-state index contributed by atoms with van der Waals surface area (Å²) in [4.78, 5) is 5.13. The van der Waals surface area contributed by atoms with E-state index in [1.165, 1.54) is 86.9 Å². The molecule has 0 fully saturated rings. The van der Waals surface area contributed by atoms with Crippen LogP contribution >= 0.6 is 0 Å². The topological polar surface area (TPSA) is 22.8 Å². The first-order valence-electron chi connectivity index (χ1n) is 17.2. The first kappa shape index (κ1) is 26.3. The number of rotatable bonds is 2. The molecule has 12 aromatic rings. The molecule has 0 saturated heterocycles. The number of benzene rings is 9. The van der Waals surface area contributed by atoms with Gasteiger partial charge in [0.1, 0.15) is 0 Å². The maximum atomic E-state index is 5.13. The zero-order valence-corrected chi connectivity index (χ0v) is 26.9. The number of nitrogens with zero attached hydrogens (tertiary/aromatic N) is 3. The Bertz CT molecular complexity index is 3310. The Morgan fingerprint density at radius 1 is 0.340 bits per heavy atom. The van der Waals surface area contributed by atoms with Crippen molar-refractivity contribution in [2.45, 2.75) is 0 Å². The van der Waals surface area contributed by atoms with E-state index in [4.69, 9.17) is 4.98 Å². The summed E-state index contributed by atoms with van der Waals surface area (Å²) >= 11 is 0. The lowest BCUT2D eigenvalue weighted by Crippen LogP contribution is -1.98. The van der Waals surface area contributed by atoms with Gasteiger partial charge in [-0.1, -0.05) is 121 Å². The molecule has 0 unspecified atom stereocenters. The van der Waals surface area contributed by atoms with E-state index in [2.05, 4.69) is 167 Å². The van der Waals surface area contributed by atoms with Crippen LogP contribution in [0.5, 0.6) is 0 Å². The molecule has 3 heteroatoms. The summed E-state index contributed by atoms with van der Waals surface area (Å²) in [6.45, 7) is 0. The van der Waals surface area contributed by atoms with Crippen molar-refractivity contribution in [2.24, 2.45) is 0 Å². The molecule has 50 heavy (non-hydrogen) atoms. The minimum atomic E-state index is 1.01. The van der Waals surface area contributed by atoms with Crippen LogP contribution < -0.4 is 0 Å². The highest BCUT2D eigenvalue weighted by molar-refractivity contribution is 6.37. The summed E-state index contributed by atoms with van der Waals surface area (Å²) in [7, 11) is 0. The predicted octanol–water partition coefficient (Wildman–Crippen LogP) is 12.5. The van der Waals surface area contributed by atoms with Crippen molar-refractivity contribution in [2.75, 3.05) is 0 Å². The molecule has 3 aromatic heterocycles. The summed E-state index contributed by atoms with van der Waals surface area (Å²) in [5.41, 5.74) is 8.04. The van der Waals surface area contributed by atoms with Gasteiger partial charge in [-0.15, -0.1) is 0 Å². The SMILES string of the molecule is c1ccc(-n2c3ccccc3c3c2c2ncccc2c2c4ccccc4n(-c4ccc5c6cccc7cccc(c8cccc4c85)c76)c23)cc1. The van der Waals surface area contributed by atoms with Gasteiger partial charge in [-0.05, 0) is 74.1 Å². The molecule has 3 nitrogen and oxygen atoms in total. The largest absolute Gasteiger partial charge is 0.308 e. The second kappa shape index (κ2) is 9.46. The van der Waals surface area contributed by atoms with E-state index < -0.39 is 0 Å². The van der Waals surface area contributed by atoms with Crippen molar-refractivity contribution >= 4 is 97.6 Å². The second-order valence-electron chi connectivity index (χ2n) is 13.5. The molecule has 0 aliphatic carbocycles. The van der Waals surface area contributed by atoms with Gasteiger partial charge in [-0.3, -0.25) is 4.98 Å². The van der Waals surface area contributed by atoms with Crippen molar-refractivity contribution < 1.29 is 0 Å². The second-order valence-corrected chi connectivity index (χ2v) is 13.5. The lowest BCUT2D eigenvalue weighted by Gasteiger charge is -2.18. The van der Waals surface area contributed by atoms with Crippen molar-refractivity contribution in [1.82, 2.24) is 14.1 Å². The van der Waals surface area contributed by atoms with Gasteiger partial charge in [-0.25, -0.2) is 0 Å². The lowest BCUT2D eigenvalue weighted by atomic mass is 9.89. The third kappa shape index (κ3) is 3.18. The Morgan fingerprint density at radius 3 is 1.70 bits per heavy atom. The molecule has 0 saturated carbocycles. The number of hydrogen-bond donors (Lipinski definition) is 0. The fourth-order valence-electron chi connectivity index (χ4n) is 9.17. The molecule has 0 spiro atoms. The van der Waals surface area contributed by atoms with Crippen LogP contribution in [0.15, 0.2) is 164 Å². The van der Waals surface area contributed by atoms with Gasteiger partial charge in [-0.2, -0.15) is 0 Å². The zero-order chi connectivity index (χ0) is 32.5. The van der Waals surface area contributed by atoms with Crippen molar-refractivity contribution in [3.8, 4) is 11.4 Å². The first-order chi connectivity index (χ1) is 24.9. The molecule has 9 aromatic carbocycles. The van der Waals surface area contributed by atoms with Crippen molar-refractivity contribution in [1.29, 1.82) is 0 Å². The maximum Gasteiger partial charge on any atom is 0.0956 e. The van der Waals surface area contributed by atoms with E-state index >= 15 is 0 Å². The minimum absolute atomic E-state index is 1.01. The van der Waals surface area contributed by atoms with E-state index in [9.17, 15) is 0 Å². The van der Waals surface area contributed by atoms with Gasteiger partial charge in [0.05, 0.1) is 33.3 Å². The Labute approximate surface area is 286 Å². The van der Waals surface area contributed by atoms with Crippen LogP contribution in [-0.2, 0) is 0 Å². The highest BCUT2D eigenvalue weighted by atomic mass is 15.0. The van der Waals surface area contributed by atoms with Crippen LogP contribution in [-0.4, -0.2) is 14.1 Å². The molecule has 0 bridgehead atoms. The van der Waals surface area contributed by atoms with Gasteiger partial charge in [0.15, 0.2) is 0 Å². The predicted molar refractivity (Wildman–Crippen MR) is 212 cm³/mol. The number of hydrogen-bond acceptors (Lipinski definition) is 1. The molecule has 3 heterocycles. The van der Waals surface area contributed by atoms with E-state index in [1.54, 1.807) is 0 Å². The fourth-order valence-corrected chi connectivity index (χ4v) is 9.17. The summed E-state index contributed by atoms with van der Waals surface area (Å²) < 4.78 is 4.96. The normalized spacial score (nSPS) is 12.4. The molecule has 230 valence electrons. The molecular weight excluding hydrogens is 607 g/mol. The quantitative estimate of drug-likeness (QED) is 0.137. The smallest absolute Gasteiger partial charge is 0.0956 e. The van der Waals surface area contributed by atoms with Gasteiger partial charge in [0, 0.05) is 44.2 Å². The number of fused-ring (bicyclic) bond motifs is 12. The average molecular weight is 634 g/mol. The molecule has 0 radical (unpaired) electrons. The Morgan fingerprint density at radius 2 is 0.920 bits per heavy atom. The summed E-state index contributed by atoms with van der Waals surface area (Å²) in [6, 6.07) is 57.8. The molecular formula is C47H27N3. The third-order valence-corrected chi connectivity index (χ3v) is 11.0. The lowest BCUT2D eigenvalue weighted by molar-refractivity contribution is 1.18. The highest BCUT2D eigenvalue weighted by Gasteiger charge is 2.26. The van der Waals surface area contributed by atoms with Crippen LogP contribution in [0, 0.1) is 0 Å². The van der Waals surface area contributed by atoms with Gasteiger partial charge >= 0.3 is 0 Å². The van der Waals surface area contributed by atoms with Gasteiger partial charge < -0.3 is 9.13 Å². The molecule has 12 rings (SSSR count). The van der Waals surface area contributed by atoms with Gasteiger partial charge in [0.25, 0.3) is 0 Å². The molecule has 0 aliphatic heterocycles. The summed E-state index contributed by atoms with van der Waals surface area (Å²) in [5.74, 6) is 0. The zero-order valence-electron chi connectivity index (χ0n) is 26.9. The van der Waals surface area contributed by atoms with Crippen LogP contribution in [0.1, 0.15) is 0 Å². The van der Waals surface area contributed by atoms with E-state index in [-0.39, 0.29) is 0 Å². The molecule has 0 amide bonds. The fraction of sp³-hybridized carbons (Fsp3) is 0. The number of para-hydroxylation sites is 3. The monoisotopic (exact) mass is 633 g/mol. The standard InChI is InChI=1S/C47H27N3/c1-2-14-29(15-3-1)49-38-23-6-5-17-36(38)44-46-43(37-22-11-27-48-45(37)47(44)49)35-16-4-7-24-39(35)50(46)40-26-25-33-31-19-9-13-28-12-8-18-30(41(28)31)32-20-10-21-34(40)42(32)33/h1-27H. The summed E-state index contributed by atoms with van der Waals surface area (Å²) in [6.07, 6.45) is 1.93. The van der Waals surface area contributed by atoms with Crippen LogP contribution in [0.4, 0.5) is 0 Å². The summed E-state index contributed by atoms with van der Waals surface area (Å²) in [5, 5.41) is 16.5. The van der Waals surface area contributed by atoms with E-state index in [0.717, 1.165) is 22.1 Å². The molecule has 0 atom stereocenters. The van der Waals surface area contributed by atoms with E-state index in [1.807, 2.05) is 6.20 Å². The highest BCUT2D eigenvalue weighted by Crippen LogP contribution is 2.48. The van der Waals surface area contributed by atoms with Crippen molar-refractivity contribution in [3.05, 3.63) is 164 Å². The number of pyridine rings is 1. The minimum Gasteiger partial charge on any atom is -0.308 e. The molecule has 0 N–H and O–H groups in total. The maximum absolute atomic E-state index is 5.13. The third-order valence-electron chi connectivity index (χ3n) is 11.0. The van der Waals surface area contributed by atoms with Gasteiger partial charge in [0.2, 0.25) is 0 Å². The van der Waals surface area contributed by atoms with Crippen LogP contribution in [0.2, 0.25) is 0 Å².